The van der Waals surface area contributed by atoms with E-state index in [1.54, 1.807) is 24.3 Å². The zero-order chi connectivity index (χ0) is 21.1. The number of anilines is 1. The number of oxazole rings is 1. The van der Waals surface area contributed by atoms with Crippen LogP contribution < -0.4 is 5.32 Å². The summed E-state index contributed by atoms with van der Waals surface area (Å²) in [5, 5.41) is 13.6. The van der Waals surface area contributed by atoms with Gasteiger partial charge in [-0.25, -0.2) is 4.98 Å². The van der Waals surface area contributed by atoms with Gasteiger partial charge in [-0.1, -0.05) is 18.2 Å². The number of aromatic nitrogens is 1. The van der Waals surface area contributed by atoms with Crippen molar-refractivity contribution in [2.24, 2.45) is 0 Å². The van der Waals surface area contributed by atoms with Crippen molar-refractivity contribution in [2.75, 3.05) is 5.32 Å². The summed E-state index contributed by atoms with van der Waals surface area (Å²) < 4.78 is 5.81. The summed E-state index contributed by atoms with van der Waals surface area (Å²) in [6, 6.07) is 19.0. The van der Waals surface area contributed by atoms with Crippen LogP contribution in [0.2, 0.25) is 0 Å². The second kappa shape index (κ2) is 8.00. The van der Waals surface area contributed by atoms with Gasteiger partial charge in [-0.05, 0) is 60.5 Å². The number of hydrogen-bond acceptors (Lipinski definition) is 5. The van der Waals surface area contributed by atoms with Crippen molar-refractivity contribution in [1.29, 1.82) is 0 Å². The van der Waals surface area contributed by atoms with Gasteiger partial charge >= 0.3 is 0 Å². The molecule has 0 aliphatic carbocycles. The first kappa shape index (κ1) is 19.1. The number of nitro groups is 1. The van der Waals surface area contributed by atoms with Crippen LogP contribution in [0.1, 0.15) is 11.1 Å². The summed E-state index contributed by atoms with van der Waals surface area (Å²) in [4.78, 5) is 27.0. The van der Waals surface area contributed by atoms with Gasteiger partial charge < -0.3 is 9.73 Å². The molecule has 0 aliphatic rings. The van der Waals surface area contributed by atoms with Gasteiger partial charge in [0, 0.05) is 29.5 Å². The molecule has 0 bridgehead atoms. The van der Waals surface area contributed by atoms with Crippen molar-refractivity contribution in [3.63, 3.8) is 0 Å². The van der Waals surface area contributed by atoms with Gasteiger partial charge in [0.05, 0.1) is 4.92 Å². The summed E-state index contributed by atoms with van der Waals surface area (Å²) in [6.45, 7) is 1.99. The van der Waals surface area contributed by atoms with Gasteiger partial charge in [-0.2, -0.15) is 0 Å². The molecule has 1 aromatic heterocycles. The molecule has 30 heavy (non-hydrogen) atoms. The molecule has 0 fully saturated rings. The Labute approximate surface area is 171 Å². The topological polar surface area (TPSA) is 98.3 Å². The molecule has 0 spiro atoms. The Kier molecular flexibility index (Phi) is 5.09. The summed E-state index contributed by atoms with van der Waals surface area (Å²) in [6.07, 6.45) is 2.85. The Morgan fingerprint density at radius 2 is 1.90 bits per heavy atom. The maximum atomic E-state index is 12.1. The lowest BCUT2D eigenvalue weighted by Gasteiger charge is -2.03. The van der Waals surface area contributed by atoms with E-state index in [1.807, 2.05) is 37.3 Å². The van der Waals surface area contributed by atoms with Gasteiger partial charge in [0.1, 0.15) is 5.52 Å². The summed E-state index contributed by atoms with van der Waals surface area (Å²) in [7, 11) is 0. The lowest BCUT2D eigenvalue weighted by molar-refractivity contribution is -0.384. The molecule has 148 valence electrons. The molecule has 7 heteroatoms. The number of fused-ring (bicyclic) bond motifs is 1. The minimum Gasteiger partial charge on any atom is -0.436 e. The molecule has 0 atom stereocenters. The second-order valence-corrected chi connectivity index (χ2v) is 6.74. The average molecular weight is 399 g/mol. The van der Waals surface area contributed by atoms with E-state index in [1.165, 1.54) is 24.3 Å². The van der Waals surface area contributed by atoms with Crippen molar-refractivity contribution >= 4 is 34.5 Å². The van der Waals surface area contributed by atoms with Crippen molar-refractivity contribution in [2.45, 2.75) is 6.92 Å². The lowest BCUT2D eigenvalue weighted by atomic mass is 10.2. The third kappa shape index (κ3) is 4.25. The second-order valence-electron chi connectivity index (χ2n) is 6.74. The third-order valence-corrected chi connectivity index (χ3v) is 4.45. The van der Waals surface area contributed by atoms with Crippen LogP contribution in [-0.2, 0) is 4.79 Å². The Bertz CT molecular complexity index is 1270. The molecule has 7 nitrogen and oxygen atoms in total. The molecule has 1 heterocycles. The molecule has 0 radical (unpaired) electrons. The number of nitrogens with zero attached hydrogens (tertiary/aromatic N) is 2. The van der Waals surface area contributed by atoms with Crippen molar-refractivity contribution in [1.82, 2.24) is 4.98 Å². The molecule has 1 N–H and O–H groups in total. The summed E-state index contributed by atoms with van der Waals surface area (Å²) in [5.41, 5.74) is 4.58. The van der Waals surface area contributed by atoms with Crippen molar-refractivity contribution in [3.8, 4) is 11.5 Å². The highest BCUT2D eigenvalue weighted by atomic mass is 16.6. The van der Waals surface area contributed by atoms with Crippen LogP contribution in [-0.4, -0.2) is 15.8 Å². The fraction of sp³-hybridized carbons (Fsp3) is 0.0435. The van der Waals surface area contributed by atoms with E-state index in [4.69, 9.17) is 4.42 Å². The van der Waals surface area contributed by atoms with Gasteiger partial charge in [-0.3, -0.25) is 14.9 Å². The summed E-state index contributed by atoms with van der Waals surface area (Å²) in [5.74, 6) is 0.172. The van der Waals surface area contributed by atoms with Crippen LogP contribution in [0, 0.1) is 17.0 Å². The van der Waals surface area contributed by atoms with E-state index in [0.29, 0.717) is 17.1 Å². The maximum Gasteiger partial charge on any atom is 0.270 e. The van der Waals surface area contributed by atoms with Gasteiger partial charge in [-0.15, -0.1) is 0 Å². The highest BCUT2D eigenvalue weighted by Crippen LogP contribution is 2.26. The zero-order valence-corrected chi connectivity index (χ0v) is 16.0. The normalized spacial score (nSPS) is 11.1. The molecule has 0 saturated heterocycles. The Hall–Kier alpha value is -4.26. The predicted molar refractivity (Wildman–Crippen MR) is 115 cm³/mol. The van der Waals surface area contributed by atoms with E-state index in [9.17, 15) is 14.9 Å². The minimum atomic E-state index is -0.475. The Morgan fingerprint density at radius 3 is 2.67 bits per heavy atom. The van der Waals surface area contributed by atoms with Gasteiger partial charge in [0.25, 0.3) is 5.69 Å². The Morgan fingerprint density at radius 1 is 1.10 bits per heavy atom. The first-order valence-corrected chi connectivity index (χ1v) is 9.19. The van der Waals surface area contributed by atoms with E-state index >= 15 is 0 Å². The molecule has 0 aliphatic heterocycles. The molecule has 4 aromatic rings. The van der Waals surface area contributed by atoms with Gasteiger partial charge in [0.15, 0.2) is 5.58 Å². The molecule has 1 amide bonds. The third-order valence-electron chi connectivity index (χ3n) is 4.45. The van der Waals surface area contributed by atoms with E-state index < -0.39 is 4.92 Å². The fourth-order valence-electron chi connectivity index (χ4n) is 2.95. The van der Waals surface area contributed by atoms with Crippen LogP contribution in [0.15, 0.2) is 77.2 Å². The highest BCUT2D eigenvalue weighted by molar-refractivity contribution is 6.02. The quantitative estimate of drug-likeness (QED) is 0.277. The largest absolute Gasteiger partial charge is 0.436 e. The lowest BCUT2D eigenvalue weighted by Crippen LogP contribution is -2.07. The average Bonchev–Trinajstić information content (AvgIpc) is 3.16. The first-order valence-electron chi connectivity index (χ1n) is 9.19. The smallest absolute Gasteiger partial charge is 0.270 e. The molecule has 0 saturated carbocycles. The number of nitrogens with one attached hydrogen (secondary N) is 1. The standard InChI is InChI=1S/C23H17N3O4/c1-15-5-11-20-21(13-15)30-23(25-20)17-7-9-18(10-8-17)24-22(27)12-6-16-3-2-4-19(14-16)26(28)29/h2-14H,1H3,(H,24,27)/b12-6+. The number of non-ortho nitro benzene ring substituents is 1. The molecular weight excluding hydrogens is 382 g/mol. The van der Waals surface area contributed by atoms with E-state index in [-0.39, 0.29) is 11.6 Å². The first-order chi connectivity index (χ1) is 14.5. The van der Waals surface area contributed by atoms with Gasteiger partial charge in [0.2, 0.25) is 11.8 Å². The monoisotopic (exact) mass is 399 g/mol. The number of benzene rings is 3. The number of nitro benzene ring substituents is 1. The minimum absolute atomic E-state index is 0.0255. The van der Waals surface area contributed by atoms with Crippen molar-refractivity contribution in [3.05, 3.63) is 94.0 Å². The maximum absolute atomic E-state index is 12.1. The summed E-state index contributed by atoms with van der Waals surface area (Å²) >= 11 is 0. The number of carbonyl (C=O) groups excluding carboxylic acids is 1. The molecule has 0 unspecified atom stereocenters. The highest BCUT2D eigenvalue weighted by Gasteiger charge is 2.09. The van der Waals surface area contributed by atoms with Crippen LogP contribution in [0.3, 0.4) is 0 Å². The number of rotatable bonds is 5. The Balaban J connectivity index is 1.44. The SMILES string of the molecule is Cc1ccc2nc(-c3ccc(NC(=O)/C=C/c4cccc([N+](=O)[O-])c4)cc3)oc2c1. The zero-order valence-electron chi connectivity index (χ0n) is 16.0. The van der Waals surface area contributed by atoms with Crippen LogP contribution in [0.25, 0.3) is 28.6 Å². The molecule has 3 aromatic carbocycles. The van der Waals surface area contributed by atoms with Crippen LogP contribution >= 0.6 is 0 Å². The van der Waals surface area contributed by atoms with Crippen LogP contribution in [0.5, 0.6) is 0 Å². The predicted octanol–water partition coefficient (Wildman–Crippen LogP) is 5.36. The molecule has 4 rings (SSSR count). The van der Waals surface area contributed by atoms with Crippen LogP contribution in [0.4, 0.5) is 11.4 Å². The number of aryl methyl sites for hydroxylation is 1. The van der Waals surface area contributed by atoms with E-state index in [0.717, 1.165) is 22.2 Å². The van der Waals surface area contributed by atoms with E-state index in [2.05, 4.69) is 10.3 Å². The molecular formula is C23H17N3O4. The number of amides is 1. The fourth-order valence-corrected chi connectivity index (χ4v) is 2.95. The number of hydrogen-bond donors (Lipinski definition) is 1. The number of carbonyl (C=O) groups is 1. The van der Waals surface area contributed by atoms with Crippen molar-refractivity contribution < 1.29 is 14.1 Å².